The first-order chi connectivity index (χ1) is 17.3. The van der Waals surface area contributed by atoms with Gasteiger partial charge in [0.25, 0.3) is 0 Å². The minimum atomic E-state index is -0.507. The van der Waals surface area contributed by atoms with Crippen LogP contribution in [-0.4, -0.2) is 12.7 Å². The molecule has 1 heterocycles. The van der Waals surface area contributed by atoms with Gasteiger partial charge < -0.3 is 9.31 Å². The molecule has 0 atom stereocenters. The van der Waals surface area contributed by atoms with Gasteiger partial charge in [-0.2, -0.15) is 0 Å². The van der Waals surface area contributed by atoms with E-state index < -0.39 is 12.7 Å². The van der Waals surface area contributed by atoms with Gasteiger partial charge in [0.05, 0.1) is 5.76 Å². The quantitative estimate of drug-likeness (QED) is 0.146. The molecule has 0 bridgehead atoms. The van der Waals surface area contributed by atoms with Crippen molar-refractivity contribution in [2.24, 2.45) is 0 Å². The van der Waals surface area contributed by atoms with E-state index in [0.717, 1.165) is 5.46 Å². The Bertz CT molecular complexity index is 1820. The van der Waals surface area contributed by atoms with E-state index in [1.54, 1.807) is 0 Å². The molecule has 0 radical (unpaired) electrons. The molecule has 0 aromatic heterocycles. The molecule has 1 fully saturated rings. The van der Waals surface area contributed by atoms with Crippen LogP contribution in [0.1, 0.15) is 25.0 Å². The van der Waals surface area contributed by atoms with Crippen LogP contribution in [-0.2, 0) is 9.31 Å². The van der Waals surface area contributed by atoms with Crippen LogP contribution in [0.3, 0.4) is 0 Å². The first kappa shape index (κ1) is 21.5. The molecule has 1 saturated heterocycles. The van der Waals surface area contributed by atoms with Crippen molar-refractivity contribution in [2.45, 2.75) is 33.3 Å². The molecular formula is C33H27BO2. The molecule has 7 rings (SSSR count). The predicted molar refractivity (Wildman–Crippen MR) is 153 cm³/mol. The maximum Gasteiger partial charge on any atom is 0.563 e. The van der Waals surface area contributed by atoms with Crippen molar-refractivity contribution in [2.75, 3.05) is 0 Å². The molecule has 6 aromatic carbocycles. The van der Waals surface area contributed by atoms with Crippen molar-refractivity contribution in [1.82, 2.24) is 0 Å². The fourth-order valence-corrected chi connectivity index (χ4v) is 6.15. The third-order valence-electron chi connectivity index (χ3n) is 8.02. The van der Waals surface area contributed by atoms with Gasteiger partial charge in [-0.15, -0.1) is 0 Å². The van der Waals surface area contributed by atoms with Crippen molar-refractivity contribution >= 4 is 55.7 Å². The lowest BCUT2D eigenvalue weighted by atomic mass is 9.74. The van der Waals surface area contributed by atoms with Gasteiger partial charge in [-0.1, -0.05) is 85.4 Å². The van der Waals surface area contributed by atoms with Gasteiger partial charge >= 0.3 is 7.12 Å². The highest BCUT2D eigenvalue weighted by atomic mass is 16.7. The van der Waals surface area contributed by atoms with E-state index >= 15 is 0 Å². The van der Waals surface area contributed by atoms with Crippen LogP contribution in [0.25, 0.3) is 54.2 Å². The second-order valence-electron chi connectivity index (χ2n) is 10.6. The van der Waals surface area contributed by atoms with Gasteiger partial charge in [0.2, 0.25) is 0 Å². The van der Waals surface area contributed by atoms with E-state index in [1.807, 2.05) is 13.8 Å². The van der Waals surface area contributed by atoms with Crippen LogP contribution in [0.5, 0.6) is 0 Å². The summed E-state index contributed by atoms with van der Waals surface area (Å²) >= 11 is 0. The Hall–Kier alpha value is -3.82. The fourth-order valence-electron chi connectivity index (χ4n) is 6.15. The molecule has 1 aliphatic heterocycles. The third-order valence-corrected chi connectivity index (χ3v) is 8.02. The van der Waals surface area contributed by atoms with E-state index in [4.69, 9.17) is 9.31 Å². The number of fused-ring (bicyclic) bond motifs is 2. The molecule has 6 aromatic rings. The minimum absolute atomic E-state index is 0.458. The van der Waals surface area contributed by atoms with Crippen LogP contribution in [0.15, 0.2) is 91.2 Å². The van der Waals surface area contributed by atoms with Crippen LogP contribution in [0.2, 0.25) is 0 Å². The lowest BCUT2D eigenvalue weighted by Crippen LogP contribution is -2.35. The van der Waals surface area contributed by atoms with Crippen LogP contribution in [0, 0.1) is 13.8 Å². The second kappa shape index (κ2) is 7.35. The molecule has 1 aliphatic rings. The molecule has 0 N–H and O–H groups in total. The molecule has 3 heteroatoms. The normalized spacial score (nSPS) is 15.6. The van der Waals surface area contributed by atoms with Gasteiger partial charge in [0.1, 0.15) is 5.60 Å². The summed E-state index contributed by atoms with van der Waals surface area (Å²) in [4.78, 5) is 0. The zero-order valence-electron chi connectivity index (χ0n) is 21.1. The summed E-state index contributed by atoms with van der Waals surface area (Å²) in [6.45, 7) is 12.5. The number of rotatable bonds is 2. The molecule has 0 saturated carbocycles. The number of benzene rings is 6. The summed E-state index contributed by atoms with van der Waals surface area (Å²) in [6.07, 6.45) is 0. The SMILES string of the molecule is C=C1OB(c2ccc3c4ccc(-c5c(C)cccc5C)c5cccc(c6cccc2c63)c54)OC1(C)C. The summed E-state index contributed by atoms with van der Waals surface area (Å²) in [5.41, 5.74) is 5.78. The van der Waals surface area contributed by atoms with E-state index in [0.29, 0.717) is 5.76 Å². The Morgan fingerprint density at radius 1 is 0.639 bits per heavy atom. The largest absolute Gasteiger partial charge is 0.563 e. The number of hydrogen-bond acceptors (Lipinski definition) is 2. The highest BCUT2D eigenvalue weighted by molar-refractivity contribution is 6.66. The van der Waals surface area contributed by atoms with E-state index in [1.165, 1.54) is 65.3 Å². The Balaban J connectivity index is 1.57. The average Bonchev–Trinajstić information content (AvgIpc) is 3.14. The molecule has 0 aliphatic carbocycles. The van der Waals surface area contributed by atoms with Gasteiger partial charge in [0.15, 0.2) is 0 Å². The lowest BCUT2D eigenvalue weighted by molar-refractivity contribution is 0.173. The van der Waals surface area contributed by atoms with Gasteiger partial charge in [0, 0.05) is 5.46 Å². The molecule has 36 heavy (non-hydrogen) atoms. The molecule has 0 amide bonds. The first-order valence-electron chi connectivity index (χ1n) is 12.6. The summed E-state index contributed by atoms with van der Waals surface area (Å²) in [6, 6.07) is 28.9. The second-order valence-corrected chi connectivity index (χ2v) is 10.6. The summed E-state index contributed by atoms with van der Waals surface area (Å²) < 4.78 is 12.4. The first-order valence-corrected chi connectivity index (χ1v) is 12.6. The van der Waals surface area contributed by atoms with E-state index in [9.17, 15) is 0 Å². The third kappa shape index (κ3) is 2.84. The Kier molecular flexibility index (Phi) is 4.38. The van der Waals surface area contributed by atoms with E-state index in [2.05, 4.69) is 99.3 Å². The van der Waals surface area contributed by atoms with Crippen LogP contribution >= 0.6 is 0 Å². The summed E-state index contributed by atoms with van der Waals surface area (Å²) in [5, 5.41) is 10.1. The smallest absolute Gasteiger partial charge is 0.534 e. The lowest BCUT2D eigenvalue weighted by Gasteiger charge is -2.19. The zero-order chi connectivity index (χ0) is 24.8. The fraction of sp³-hybridized carbons (Fsp3) is 0.152. The molecule has 2 nitrogen and oxygen atoms in total. The van der Waals surface area contributed by atoms with Crippen molar-refractivity contribution in [1.29, 1.82) is 0 Å². The van der Waals surface area contributed by atoms with Crippen molar-refractivity contribution in [3.63, 3.8) is 0 Å². The maximum atomic E-state index is 6.28. The summed E-state index contributed by atoms with van der Waals surface area (Å²) in [7, 11) is -0.458. The zero-order valence-corrected chi connectivity index (χ0v) is 21.1. The average molecular weight is 466 g/mol. The number of hydrogen-bond donors (Lipinski definition) is 0. The summed E-state index contributed by atoms with van der Waals surface area (Å²) in [5.74, 6) is 0.669. The van der Waals surface area contributed by atoms with Crippen LogP contribution in [0.4, 0.5) is 0 Å². The van der Waals surface area contributed by atoms with Gasteiger partial charge in [-0.3, -0.25) is 0 Å². The highest BCUT2D eigenvalue weighted by Crippen LogP contribution is 2.44. The minimum Gasteiger partial charge on any atom is -0.534 e. The monoisotopic (exact) mass is 466 g/mol. The van der Waals surface area contributed by atoms with Crippen molar-refractivity contribution in [3.8, 4) is 11.1 Å². The topological polar surface area (TPSA) is 18.5 Å². The Morgan fingerprint density at radius 3 is 1.81 bits per heavy atom. The molecule has 174 valence electrons. The van der Waals surface area contributed by atoms with Gasteiger partial charge in [-0.25, -0.2) is 0 Å². The van der Waals surface area contributed by atoms with E-state index in [-0.39, 0.29) is 0 Å². The van der Waals surface area contributed by atoms with Crippen LogP contribution < -0.4 is 5.46 Å². The standard InChI is InChI=1S/C33H27BO2/c1-19-9-6-10-20(2)30(19)25-15-16-26-27-17-18-29(34-35-21(3)33(4,5)36-34)28-14-8-13-23(32(27)28)22-11-7-12-24(25)31(22)26/h6-18H,3H2,1-2,4-5H3. The Labute approximate surface area is 211 Å². The predicted octanol–water partition coefficient (Wildman–Crippen LogP) is 8.06. The Morgan fingerprint density at radius 2 is 1.17 bits per heavy atom. The molecule has 0 unspecified atom stereocenters. The maximum absolute atomic E-state index is 6.28. The highest BCUT2D eigenvalue weighted by Gasteiger charge is 2.43. The molecular weight excluding hydrogens is 439 g/mol. The van der Waals surface area contributed by atoms with Gasteiger partial charge in [-0.05, 0) is 93.0 Å². The number of aryl methyl sites for hydroxylation is 2. The van der Waals surface area contributed by atoms with Crippen molar-refractivity contribution < 1.29 is 9.31 Å². The van der Waals surface area contributed by atoms with Crippen molar-refractivity contribution in [3.05, 3.63) is 102 Å². The molecule has 0 spiro atoms.